The normalized spacial score (nSPS) is 17.8. The van der Waals surface area contributed by atoms with E-state index in [4.69, 9.17) is 4.74 Å². The molecule has 3 rings (SSSR count). The van der Waals surface area contributed by atoms with Crippen molar-refractivity contribution in [2.75, 3.05) is 30.0 Å². The van der Waals surface area contributed by atoms with E-state index < -0.39 is 5.97 Å². The predicted octanol–water partition coefficient (Wildman–Crippen LogP) is 5.40. The van der Waals surface area contributed by atoms with Gasteiger partial charge in [0.2, 0.25) is 0 Å². The average molecular weight is 415 g/mol. The molecule has 0 saturated carbocycles. The molecular weight excluding hydrogens is 383 g/mol. The number of benzene rings is 2. The molecule has 1 saturated heterocycles. The highest BCUT2D eigenvalue weighted by atomic mass is 19.1. The van der Waals surface area contributed by atoms with Crippen molar-refractivity contribution in [1.29, 1.82) is 0 Å². The van der Waals surface area contributed by atoms with Crippen LogP contribution in [-0.2, 0) is 9.53 Å². The topological polar surface area (TPSA) is 61.8 Å². The minimum absolute atomic E-state index is 0.0593. The van der Waals surface area contributed by atoms with E-state index in [-0.39, 0.29) is 24.2 Å². The van der Waals surface area contributed by atoms with Gasteiger partial charge in [0.25, 0.3) is 0 Å². The summed E-state index contributed by atoms with van der Waals surface area (Å²) >= 11 is 0. The van der Waals surface area contributed by atoms with Crippen LogP contribution in [-0.4, -0.2) is 36.9 Å². The highest BCUT2D eigenvalue weighted by molar-refractivity contribution is 5.77. The molecule has 1 aliphatic heterocycles. The molecule has 0 bridgehead atoms. The molecule has 1 unspecified atom stereocenters. The lowest BCUT2D eigenvalue weighted by atomic mass is 9.92. The molecule has 0 radical (unpaired) electrons. The number of carbonyl (C=O) groups is 1. The largest absolute Gasteiger partial charge is 0.481 e. The number of ether oxygens (including phenoxy) is 1. The third-order valence-electron chi connectivity index (χ3n) is 5.77. The van der Waals surface area contributed by atoms with Crippen molar-refractivity contribution in [3.05, 3.63) is 53.8 Å². The third kappa shape index (κ3) is 5.30. The van der Waals surface area contributed by atoms with E-state index in [9.17, 15) is 14.3 Å². The Morgan fingerprint density at radius 1 is 1.27 bits per heavy atom. The van der Waals surface area contributed by atoms with Crippen molar-refractivity contribution in [2.24, 2.45) is 5.92 Å². The van der Waals surface area contributed by atoms with Gasteiger partial charge in [-0.05, 0) is 60.2 Å². The van der Waals surface area contributed by atoms with Gasteiger partial charge in [0.05, 0.1) is 37.1 Å². The Bertz CT molecular complexity index is 854. The van der Waals surface area contributed by atoms with Crippen molar-refractivity contribution in [3.8, 4) is 0 Å². The van der Waals surface area contributed by atoms with Gasteiger partial charge in [-0.3, -0.25) is 4.79 Å². The quantitative estimate of drug-likeness (QED) is 0.606. The van der Waals surface area contributed by atoms with Gasteiger partial charge in [-0.15, -0.1) is 0 Å². The lowest BCUT2D eigenvalue weighted by Crippen LogP contribution is -2.48. The lowest BCUT2D eigenvalue weighted by molar-refractivity contribution is -0.137. The number of hydrogen-bond acceptors (Lipinski definition) is 4. The second-order valence-corrected chi connectivity index (χ2v) is 8.19. The Kier molecular flexibility index (Phi) is 7.32. The first kappa shape index (κ1) is 22.1. The molecule has 1 aliphatic rings. The number of nitrogens with one attached hydrogen (secondary N) is 1. The Hall–Kier alpha value is -2.60. The number of nitrogens with zero attached hydrogens (tertiary/aromatic N) is 1. The van der Waals surface area contributed by atoms with Gasteiger partial charge >= 0.3 is 5.97 Å². The van der Waals surface area contributed by atoms with Crippen LogP contribution >= 0.6 is 0 Å². The molecule has 1 heterocycles. The van der Waals surface area contributed by atoms with Gasteiger partial charge in [-0.2, -0.15) is 0 Å². The van der Waals surface area contributed by atoms with Crippen molar-refractivity contribution < 1.29 is 19.0 Å². The summed E-state index contributed by atoms with van der Waals surface area (Å²) in [7, 11) is 0. The fourth-order valence-electron chi connectivity index (χ4n) is 4.03. The third-order valence-corrected chi connectivity index (χ3v) is 5.77. The Morgan fingerprint density at radius 2 is 2.00 bits per heavy atom. The minimum Gasteiger partial charge on any atom is -0.481 e. The van der Waals surface area contributed by atoms with E-state index >= 15 is 0 Å². The summed E-state index contributed by atoms with van der Waals surface area (Å²) in [6.45, 7) is 8.50. The van der Waals surface area contributed by atoms with E-state index in [1.54, 1.807) is 12.1 Å². The molecule has 2 atom stereocenters. The van der Waals surface area contributed by atoms with E-state index in [2.05, 4.69) is 30.1 Å². The Morgan fingerprint density at radius 3 is 2.63 bits per heavy atom. The van der Waals surface area contributed by atoms with Crippen molar-refractivity contribution >= 4 is 23.0 Å². The van der Waals surface area contributed by atoms with Gasteiger partial charge in [0.15, 0.2) is 0 Å². The van der Waals surface area contributed by atoms with Crippen LogP contribution in [0.5, 0.6) is 0 Å². The molecule has 2 aromatic rings. The van der Waals surface area contributed by atoms with Crippen LogP contribution in [0.2, 0.25) is 0 Å². The highest BCUT2D eigenvalue weighted by Crippen LogP contribution is 2.36. The number of aliphatic carboxylic acids is 1. The first-order valence-electron chi connectivity index (χ1n) is 10.6. The summed E-state index contributed by atoms with van der Waals surface area (Å²) < 4.78 is 19.1. The second-order valence-electron chi connectivity index (χ2n) is 8.19. The van der Waals surface area contributed by atoms with Gasteiger partial charge in [-0.25, -0.2) is 4.39 Å². The van der Waals surface area contributed by atoms with E-state index in [0.29, 0.717) is 19.1 Å². The van der Waals surface area contributed by atoms with Gasteiger partial charge in [-0.1, -0.05) is 26.8 Å². The highest BCUT2D eigenvalue weighted by Gasteiger charge is 2.28. The van der Waals surface area contributed by atoms with Crippen LogP contribution in [0.1, 0.15) is 45.1 Å². The fourth-order valence-corrected chi connectivity index (χ4v) is 4.03. The second kappa shape index (κ2) is 9.94. The summed E-state index contributed by atoms with van der Waals surface area (Å²) in [6, 6.07) is 12.7. The Balaban J connectivity index is 2.01. The van der Waals surface area contributed by atoms with Crippen molar-refractivity contribution in [2.45, 2.75) is 45.6 Å². The summed E-state index contributed by atoms with van der Waals surface area (Å²) in [4.78, 5) is 13.7. The standard InChI is InChI=1S/C24H31FN2O3/c1-4-17(14-24(28)29)18-5-10-22(27-11-12-30-15-23(27)16(2)3)21(13-18)26-20-8-6-19(25)7-9-20/h5-10,13,16-17,23,26H,4,11-12,14-15H2,1-3H3,(H,28,29)/t17?,23-/m0/s1. The van der Waals surface area contributed by atoms with Crippen LogP contribution in [0.4, 0.5) is 21.5 Å². The molecule has 6 heteroatoms. The summed E-state index contributed by atoms with van der Waals surface area (Å²) in [5, 5.41) is 12.7. The summed E-state index contributed by atoms with van der Waals surface area (Å²) in [6.07, 6.45) is 0.839. The maximum Gasteiger partial charge on any atom is 0.303 e. The van der Waals surface area contributed by atoms with Crippen LogP contribution in [0.15, 0.2) is 42.5 Å². The summed E-state index contributed by atoms with van der Waals surface area (Å²) in [5.74, 6) is -0.725. The van der Waals surface area contributed by atoms with E-state index in [1.807, 2.05) is 19.1 Å². The number of hydrogen-bond donors (Lipinski definition) is 2. The van der Waals surface area contributed by atoms with Crippen LogP contribution in [0.3, 0.4) is 0 Å². The maximum absolute atomic E-state index is 13.4. The minimum atomic E-state index is -0.799. The molecule has 2 N–H and O–H groups in total. The monoisotopic (exact) mass is 414 g/mol. The molecule has 30 heavy (non-hydrogen) atoms. The number of rotatable bonds is 8. The van der Waals surface area contributed by atoms with E-state index in [0.717, 1.165) is 35.6 Å². The number of morpholine rings is 1. The fraction of sp³-hybridized carbons (Fsp3) is 0.458. The molecule has 0 aromatic heterocycles. The SMILES string of the molecule is CCC(CC(=O)O)c1ccc(N2CCOC[C@H]2C(C)C)c(Nc2ccc(F)cc2)c1. The predicted molar refractivity (Wildman–Crippen MR) is 118 cm³/mol. The molecule has 1 fully saturated rings. The molecule has 0 spiro atoms. The smallest absolute Gasteiger partial charge is 0.303 e. The zero-order valence-electron chi connectivity index (χ0n) is 17.9. The number of halogens is 1. The lowest BCUT2D eigenvalue weighted by Gasteiger charge is -2.40. The average Bonchev–Trinajstić information content (AvgIpc) is 2.73. The number of anilines is 3. The number of carboxylic acids is 1. The van der Waals surface area contributed by atoms with Gasteiger partial charge in [0.1, 0.15) is 5.82 Å². The molecule has 0 amide bonds. The first-order valence-corrected chi connectivity index (χ1v) is 10.6. The maximum atomic E-state index is 13.4. The van der Waals surface area contributed by atoms with Gasteiger partial charge < -0.3 is 20.1 Å². The van der Waals surface area contributed by atoms with Crippen molar-refractivity contribution in [3.63, 3.8) is 0 Å². The molecular formula is C24H31FN2O3. The zero-order chi connectivity index (χ0) is 21.7. The van der Waals surface area contributed by atoms with Crippen LogP contribution in [0.25, 0.3) is 0 Å². The van der Waals surface area contributed by atoms with Crippen molar-refractivity contribution in [1.82, 2.24) is 0 Å². The molecule has 2 aromatic carbocycles. The zero-order valence-corrected chi connectivity index (χ0v) is 17.9. The van der Waals surface area contributed by atoms with Crippen LogP contribution < -0.4 is 10.2 Å². The number of carboxylic acid groups (broad SMARTS) is 1. The van der Waals surface area contributed by atoms with Crippen LogP contribution in [0, 0.1) is 11.7 Å². The van der Waals surface area contributed by atoms with E-state index in [1.165, 1.54) is 12.1 Å². The molecule has 5 nitrogen and oxygen atoms in total. The first-order chi connectivity index (χ1) is 14.4. The molecule has 0 aliphatic carbocycles. The summed E-state index contributed by atoms with van der Waals surface area (Å²) in [5.41, 5.74) is 3.73. The Labute approximate surface area is 177 Å². The molecule has 162 valence electrons. The van der Waals surface area contributed by atoms with Gasteiger partial charge in [0, 0.05) is 12.2 Å².